The molecule has 1 aliphatic heterocycles. The van der Waals surface area contributed by atoms with Crippen LogP contribution < -0.4 is 5.32 Å². The largest absolute Gasteiger partial charge is 0.465 e. The van der Waals surface area contributed by atoms with Crippen molar-refractivity contribution in [3.8, 4) is 0 Å². The fourth-order valence-corrected chi connectivity index (χ4v) is 5.54. The monoisotopic (exact) mass is 683 g/mol. The summed E-state index contributed by atoms with van der Waals surface area (Å²) in [6.45, 7) is -1.66. The molecule has 0 aliphatic carbocycles. The minimum Gasteiger partial charge on any atom is -0.465 e. The molecule has 1 aliphatic rings. The van der Waals surface area contributed by atoms with Gasteiger partial charge < -0.3 is 39.6 Å². The van der Waals surface area contributed by atoms with Crippen molar-refractivity contribution in [3.63, 3.8) is 0 Å². The van der Waals surface area contributed by atoms with E-state index in [4.69, 9.17) is 24.1 Å². The number of benzene rings is 4. The molecule has 1 amide bonds. The van der Waals surface area contributed by atoms with Crippen LogP contribution in [0.4, 0.5) is 4.79 Å². The number of carbonyl (C=O) groups excluding carboxylic acids is 4. The Morgan fingerprint density at radius 1 is 0.640 bits per heavy atom. The first kappa shape index (κ1) is 35.6. The van der Waals surface area contributed by atoms with Gasteiger partial charge in [0.2, 0.25) is 22.8 Å². The van der Waals surface area contributed by atoms with E-state index in [-0.39, 0.29) is 28.8 Å². The van der Waals surface area contributed by atoms with E-state index in [1.807, 2.05) is 0 Å². The molecule has 1 heterocycles. The second kappa shape index (κ2) is 15.7. The van der Waals surface area contributed by atoms with Crippen LogP contribution in [-0.2, 0) is 18.9 Å². The molecule has 1 saturated heterocycles. The van der Waals surface area contributed by atoms with Gasteiger partial charge in [0.1, 0.15) is 12.7 Å². The minimum atomic E-state index is -3.38. The summed E-state index contributed by atoms with van der Waals surface area (Å²) < 4.78 is 23.0. The van der Waals surface area contributed by atoms with E-state index in [0.717, 1.165) is 0 Å². The highest BCUT2D eigenvalue weighted by molar-refractivity contribution is 6.13. The average molecular weight is 684 g/mol. The van der Waals surface area contributed by atoms with E-state index in [2.05, 4.69) is 5.32 Å². The van der Waals surface area contributed by atoms with Crippen LogP contribution in [0.2, 0.25) is 0 Å². The Morgan fingerprint density at radius 2 is 1.08 bits per heavy atom. The standard InChI is InChI=1S/C37H33NO12/c39-29(24-13-5-1-6-14-24)36(45)31(50-33(42)27-19-11-4-12-20-27)28(23-48-32(41)26-17-9-3-10-18-26)49-34(47-22-21-38-35(43)44)37(36,46)30(40)25-15-7-2-8-16-25/h1-20,28,31,34,38,45-46H,21-23H2,(H,43,44)/t28-,31+,34?,36+,37+/m1/s1. The second-order valence-corrected chi connectivity index (χ2v) is 11.2. The molecule has 13 heteroatoms. The van der Waals surface area contributed by atoms with Crippen molar-refractivity contribution in [3.05, 3.63) is 144 Å². The second-order valence-electron chi connectivity index (χ2n) is 11.2. The Hall–Kier alpha value is -5.73. The fourth-order valence-electron chi connectivity index (χ4n) is 5.54. The molecule has 5 rings (SSSR count). The summed E-state index contributed by atoms with van der Waals surface area (Å²) in [5.74, 6) is -4.42. The van der Waals surface area contributed by atoms with Crippen LogP contribution >= 0.6 is 0 Å². The number of ketones is 2. The molecule has 1 unspecified atom stereocenters. The van der Waals surface area contributed by atoms with Gasteiger partial charge in [0.05, 0.1) is 17.7 Å². The highest BCUT2D eigenvalue weighted by atomic mass is 16.7. The maximum absolute atomic E-state index is 14.6. The molecule has 13 nitrogen and oxygen atoms in total. The third-order valence-corrected chi connectivity index (χ3v) is 8.01. The Labute approximate surface area is 286 Å². The van der Waals surface area contributed by atoms with Crippen LogP contribution in [0.3, 0.4) is 0 Å². The van der Waals surface area contributed by atoms with Crippen molar-refractivity contribution in [2.45, 2.75) is 29.7 Å². The number of carboxylic acid groups (broad SMARTS) is 1. The predicted octanol–water partition coefficient (Wildman–Crippen LogP) is 3.31. The number of hydrogen-bond donors (Lipinski definition) is 4. The Morgan fingerprint density at radius 3 is 1.56 bits per heavy atom. The van der Waals surface area contributed by atoms with Crippen molar-refractivity contribution in [1.82, 2.24) is 5.32 Å². The number of amides is 1. The van der Waals surface area contributed by atoms with Crippen molar-refractivity contribution in [1.29, 1.82) is 0 Å². The Bertz CT molecular complexity index is 1810. The zero-order chi connectivity index (χ0) is 35.7. The van der Waals surface area contributed by atoms with Crippen LogP contribution in [0.15, 0.2) is 121 Å². The van der Waals surface area contributed by atoms with Crippen molar-refractivity contribution >= 4 is 29.6 Å². The van der Waals surface area contributed by atoms with Gasteiger partial charge >= 0.3 is 18.0 Å². The zero-order valence-corrected chi connectivity index (χ0v) is 26.4. The van der Waals surface area contributed by atoms with Gasteiger partial charge in [-0.05, 0) is 24.3 Å². The number of esters is 2. The van der Waals surface area contributed by atoms with Gasteiger partial charge in [-0.2, -0.15) is 0 Å². The van der Waals surface area contributed by atoms with Gasteiger partial charge in [0.25, 0.3) is 0 Å². The first-order chi connectivity index (χ1) is 24.1. The van der Waals surface area contributed by atoms with Gasteiger partial charge in [-0.3, -0.25) is 9.59 Å². The van der Waals surface area contributed by atoms with Gasteiger partial charge in [-0.1, -0.05) is 97.1 Å². The van der Waals surface area contributed by atoms with Gasteiger partial charge in [-0.15, -0.1) is 0 Å². The lowest BCUT2D eigenvalue weighted by molar-refractivity contribution is -0.340. The number of ether oxygens (including phenoxy) is 4. The Balaban J connectivity index is 1.67. The number of carbonyl (C=O) groups is 5. The molecule has 1 fully saturated rings. The number of hydrogen-bond acceptors (Lipinski definition) is 11. The summed E-state index contributed by atoms with van der Waals surface area (Å²) in [4.78, 5) is 66.8. The molecule has 50 heavy (non-hydrogen) atoms. The van der Waals surface area contributed by atoms with Crippen molar-refractivity contribution in [2.24, 2.45) is 0 Å². The molecule has 4 N–H and O–H groups in total. The highest BCUT2D eigenvalue weighted by Crippen LogP contribution is 2.45. The lowest BCUT2D eigenvalue weighted by Gasteiger charge is -2.53. The molecule has 0 radical (unpaired) electrons. The average Bonchev–Trinajstić information content (AvgIpc) is 3.15. The number of Topliss-reactive ketones (excluding diaryl/α,β-unsaturated/α-hetero) is 2. The van der Waals surface area contributed by atoms with Crippen LogP contribution in [0, 0.1) is 0 Å². The third kappa shape index (κ3) is 7.31. The molecular formula is C37H33NO12. The van der Waals surface area contributed by atoms with Crippen LogP contribution in [0.1, 0.15) is 41.4 Å². The summed E-state index contributed by atoms with van der Waals surface area (Å²) in [6, 6.07) is 29.7. The summed E-state index contributed by atoms with van der Waals surface area (Å²) in [7, 11) is 0. The quantitative estimate of drug-likeness (QED) is 0.0914. The molecule has 0 spiro atoms. The third-order valence-electron chi connectivity index (χ3n) is 8.01. The first-order valence-corrected chi connectivity index (χ1v) is 15.4. The molecule has 4 aromatic carbocycles. The van der Waals surface area contributed by atoms with Crippen molar-refractivity contribution in [2.75, 3.05) is 19.8 Å². The zero-order valence-electron chi connectivity index (χ0n) is 26.4. The molecule has 0 bridgehead atoms. The van der Waals surface area contributed by atoms with Crippen molar-refractivity contribution < 1.29 is 58.2 Å². The summed E-state index contributed by atoms with van der Waals surface area (Å²) in [5, 5.41) is 36.6. The number of aliphatic hydroxyl groups is 2. The number of nitrogens with one attached hydrogen (secondary N) is 1. The fraction of sp³-hybridized carbons (Fsp3) is 0.216. The maximum Gasteiger partial charge on any atom is 0.404 e. The van der Waals surface area contributed by atoms with Gasteiger partial charge in [0, 0.05) is 17.7 Å². The summed E-state index contributed by atoms with van der Waals surface area (Å²) in [6.07, 6.45) is -7.56. The number of rotatable bonds is 13. The lowest BCUT2D eigenvalue weighted by Crippen LogP contribution is -2.81. The molecular weight excluding hydrogens is 650 g/mol. The smallest absolute Gasteiger partial charge is 0.404 e. The van der Waals surface area contributed by atoms with E-state index in [1.165, 1.54) is 72.8 Å². The normalized spacial score (nSPS) is 22.9. The van der Waals surface area contributed by atoms with Gasteiger partial charge in [-0.25, -0.2) is 14.4 Å². The molecule has 0 saturated carbocycles. The maximum atomic E-state index is 14.6. The molecule has 0 aromatic heterocycles. The minimum absolute atomic E-state index is 0.0157. The van der Waals surface area contributed by atoms with Gasteiger partial charge in [0.15, 0.2) is 12.4 Å². The molecule has 4 aromatic rings. The molecule has 258 valence electrons. The SMILES string of the molecule is O=C(O)NCCOC1O[C@H](COC(=O)c2ccccc2)[C@H](OC(=O)c2ccccc2)[C@@](O)(C(=O)c2ccccc2)[C@]1(O)C(=O)c1ccccc1. The van der Waals surface area contributed by atoms with Crippen LogP contribution in [0.5, 0.6) is 0 Å². The van der Waals surface area contributed by atoms with Crippen LogP contribution in [-0.4, -0.2) is 94.4 Å². The molecule has 5 atom stereocenters. The summed E-state index contributed by atoms with van der Waals surface area (Å²) >= 11 is 0. The van der Waals surface area contributed by atoms with E-state index in [9.17, 15) is 34.2 Å². The van der Waals surface area contributed by atoms with Crippen LogP contribution in [0.25, 0.3) is 0 Å². The first-order valence-electron chi connectivity index (χ1n) is 15.4. The van der Waals surface area contributed by atoms with E-state index >= 15 is 0 Å². The lowest BCUT2D eigenvalue weighted by atomic mass is 9.66. The highest BCUT2D eigenvalue weighted by Gasteiger charge is 2.74. The summed E-state index contributed by atoms with van der Waals surface area (Å²) in [5.41, 5.74) is -6.98. The van der Waals surface area contributed by atoms with E-state index in [1.54, 1.807) is 48.5 Å². The predicted molar refractivity (Wildman–Crippen MR) is 174 cm³/mol. The Kier molecular flexibility index (Phi) is 11.1. The topological polar surface area (TPSA) is 195 Å². The van der Waals surface area contributed by atoms with E-state index in [0.29, 0.717) is 0 Å². The van der Waals surface area contributed by atoms with E-state index < -0.39 is 72.5 Å².